The molecule has 2 rings (SSSR count). The molecule has 2 heterocycles. The number of hydrogen-bond donors (Lipinski definition) is 2. The number of nitrogens with zero attached hydrogens (tertiary/aromatic N) is 2. The number of hydrogen-bond acceptors (Lipinski definition) is 3. The number of rotatable bonds is 4. The molecule has 0 aliphatic heterocycles. The van der Waals surface area contributed by atoms with E-state index in [1.807, 2.05) is 0 Å². The second-order valence-electron chi connectivity index (χ2n) is 3.69. The number of amides is 1. The van der Waals surface area contributed by atoms with Gasteiger partial charge in [0.05, 0.1) is 12.1 Å². The van der Waals surface area contributed by atoms with Gasteiger partial charge in [-0.3, -0.25) is 9.59 Å². The lowest BCUT2D eigenvalue weighted by Gasteiger charge is -1.98. The molecular weight excluding hydrogens is 241 g/mol. The van der Waals surface area contributed by atoms with Gasteiger partial charge in [0.2, 0.25) is 5.91 Å². The van der Waals surface area contributed by atoms with Crippen LogP contribution in [0.15, 0.2) is 24.5 Å². The summed E-state index contributed by atoms with van der Waals surface area (Å²) < 4.78 is 14.4. The molecule has 7 heteroatoms. The van der Waals surface area contributed by atoms with Crippen molar-refractivity contribution >= 4 is 17.5 Å². The number of fused-ring (bicyclic) bond motifs is 1. The average molecular weight is 251 g/mol. The molecule has 0 aliphatic carbocycles. The number of pyridine rings is 1. The second kappa shape index (κ2) is 4.82. The summed E-state index contributed by atoms with van der Waals surface area (Å²) in [6.07, 6.45) is 2.73. The van der Waals surface area contributed by atoms with E-state index in [4.69, 9.17) is 5.11 Å². The third kappa shape index (κ3) is 2.82. The van der Waals surface area contributed by atoms with Gasteiger partial charge in [-0.1, -0.05) is 0 Å². The minimum absolute atomic E-state index is 0.0451. The van der Waals surface area contributed by atoms with Crippen LogP contribution in [0.1, 0.15) is 5.69 Å². The van der Waals surface area contributed by atoms with Crippen LogP contribution in [-0.4, -0.2) is 32.9 Å². The maximum Gasteiger partial charge on any atom is 0.322 e. The van der Waals surface area contributed by atoms with E-state index in [1.165, 1.54) is 28.9 Å². The van der Waals surface area contributed by atoms with Crippen molar-refractivity contribution in [1.29, 1.82) is 0 Å². The number of imidazole rings is 1. The lowest BCUT2D eigenvalue weighted by molar-refractivity contribution is -0.137. The molecule has 0 saturated heterocycles. The number of carbonyl (C=O) groups is 2. The van der Waals surface area contributed by atoms with E-state index in [-0.39, 0.29) is 6.42 Å². The Hall–Kier alpha value is -2.44. The molecule has 0 unspecified atom stereocenters. The Morgan fingerprint density at radius 2 is 2.17 bits per heavy atom. The average Bonchev–Trinajstić information content (AvgIpc) is 2.67. The van der Waals surface area contributed by atoms with E-state index < -0.39 is 24.2 Å². The predicted molar refractivity (Wildman–Crippen MR) is 59.5 cm³/mol. The van der Waals surface area contributed by atoms with Crippen LogP contribution in [0.25, 0.3) is 5.65 Å². The van der Waals surface area contributed by atoms with Crippen LogP contribution in [0.2, 0.25) is 0 Å². The highest BCUT2D eigenvalue weighted by atomic mass is 19.1. The first kappa shape index (κ1) is 12.0. The van der Waals surface area contributed by atoms with Gasteiger partial charge in [0, 0.05) is 12.4 Å². The summed E-state index contributed by atoms with van der Waals surface area (Å²) in [5.74, 6) is -1.96. The van der Waals surface area contributed by atoms with Gasteiger partial charge in [0.15, 0.2) is 0 Å². The molecule has 18 heavy (non-hydrogen) atoms. The van der Waals surface area contributed by atoms with Crippen LogP contribution in [0.3, 0.4) is 0 Å². The molecule has 0 atom stereocenters. The van der Waals surface area contributed by atoms with Crippen LogP contribution in [-0.2, 0) is 16.0 Å². The summed E-state index contributed by atoms with van der Waals surface area (Å²) >= 11 is 0. The van der Waals surface area contributed by atoms with E-state index in [0.717, 1.165) is 0 Å². The third-order valence-corrected chi connectivity index (χ3v) is 2.24. The Labute approximate surface area is 101 Å². The number of halogens is 1. The van der Waals surface area contributed by atoms with E-state index >= 15 is 0 Å². The summed E-state index contributed by atoms with van der Waals surface area (Å²) in [4.78, 5) is 25.7. The summed E-state index contributed by atoms with van der Waals surface area (Å²) in [6.45, 7) is -0.430. The van der Waals surface area contributed by atoms with Crippen molar-refractivity contribution < 1.29 is 19.1 Å². The van der Waals surface area contributed by atoms with Crippen molar-refractivity contribution in [3.8, 4) is 0 Å². The Kier molecular flexibility index (Phi) is 3.22. The van der Waals surface area contributed by atoms with Gasteiger partial charge in [-0.15, -0.1) is 0 Å². The smallest absolute Gasteiger partial charge is 0.322 e. The Morgan fingerprint density at radius 1 is 1.39 bits per heavy atom. The summed E-state index contributed by atoms with van der Waals surface area (Å²) in [5.41, 5.74) is 0.973. The number of nitrogens with one attached hydrogen (secondary N) is 1. The van der Waals surface area contributed by atoms with Gasteiger partial charge in [0.25, 0.3) is 0 Å². The highest BCUT2D eigenvalue weighted by Crippen LogP contribution is 2.07. The van der Waals surface area contributed by atoms with Crippen LogP contribution in [0.5, 0.6) is 0 Å². The standard InChI is InChI=1S/C11H10FN3O3/c12-7-1-2-9-14-8(6-15(9)5-7)3-10(16)13-4-11(17)18/h1-2,5-6H,3-4H2,(H,13,16)(H,17,18). The van der Waals surface area contributed by atoms with Gasteiger partial charge in [-0.25, -0.2) is 9.37 Å². The molecule has 6 nitrogen and oxygen atoms in total. The monoisotopic (exact) mass is 251 g/mol. The lowest BCUT2D eigenvalue weighted by Crippen LogP contribution is -2.30. The number of carbonyl (C=O) groups excluding carboxylic acids is 1. The first-order chi connectivity index (χ1) is 8.54. The van der Waals surface area contributed by atoms with Crippen molar-refractivity contribution in [2.24, 2.45) is 0 Å². The zero-order valence-electron chi connectivity index (χ0n) is 9.26. The quantitative estimate of drug-likeness (QED) is 0.814. The van der Waals surface area contributed by atoms with Gasteiger partial charge >= 0.3 is 5.97 Å². The maximum atomic E-state index is 12.9. The maximum absolute atomic E-state index is 12.9. The number of carboxylic acid groups (broad SMARTS) is 1. The minimum Gasteiger partial charge on any atom is -0.480 e. The zero-order chi connectivity index (χ0) is 13.1. The first-order valence-corrected chi connectivity index (χ1v) is 5.16. The largest absolute Gasteiger partial charge is 0.480 e. The van der Waals surface area contributed by atoms with Crippen LogP contribution >= 0.6 is 0 Å². The van der Waals surface area contributed by atoms with Crippen molar-refractivity contribution in [2.75, 3.05) is 6.54 Å². The fourth-order valence-corrected chi connectivity index (χ4v) is 1.50. The van der Waals surface area contributed by atoms with E-state index in [2.05, 4.69) is 10.3 Å². The third-order valence-electron chi connectivity index (χ3n) is 2.24. The number of carboxylic acids is 1. The highest BCUT2D eigenvalue weighted by Gasteiger charge is 2.08. The molecule has 2 aromatic rings. The Balaban J connectivity index is 2.07. The van der Waals surface area contributed by atoms with Gasteiger partial charge in [-0.05, 0) is 12.1 Å². The van der Waals surface area contributed by atoms with Crippen LogP contribution < -0.4 is 5.32 Å². The Morgan fingerprint density at radius 3 is 2.89 bits per heavy atom. The molecule has 0 spiro atoms. The first-order valence-electron chi connectivity index (χ1n) is 5.16. The number of aromatic nitrogens is 2. The van der Waals surface area contributed by atoms with E-state index in [0.29, 0.717) is 11.3 Å². The fraction of sp³-hybridized carbons (Fsp3) is 0.182. The normalized spacial score (nSPS) is 10.5. The summed E-state index contributed by atoms with van der Waals surface area (Å²) in [5, 5.41) is 10.6. The highest BCUT2D eigenvalue weighted by molar-refractivity contribution is 5.82. The molecule has 1 amide bonds. The molecule has 0 saturated carbocycles. The van der Waals surface area contributed by atoms with Crippen LogP contribution in [0, 0.1) is 5.82 Å². The molecule has 2 aromatic heterocycles. The predicted octanol–water partition coefficient (Wildman–Crippen LogP) is 0.217. The molecular formula is C11H10FN3O3. The second-order valence-corrected chi connectivity index (χ2v) is 3.69. The van der Waals surface area contributed by atoms with Crippen molar-refractivity contribution in [1.82, 2.24) is 14.7 Å². The lowest BCUT2D eigenvalue weighted by atomic mass is 10.3. The fourth-order valence-electron chi connectivity index (χ4n) is 1.50. The Bertz CT molecular complexity index is 609. The molecule has 94 valence electrons. The number of aliphatic carboxylic acids is 1. The van der Waals surface area contributed by atoms with Crippen molar-refractivity contribution in [3.05, 3.63) is 36.0 Å². The summed E-state index contributed by atoms with van der Waals surface area (Å²) in [7, 11) is 0. The molecule has 0 aromatic carbocycles. The van der Waals surface area contributed by atoms with E-state index in [1.54, 1.807) is 0 Å². The summed E-state index contributed by atoms with van der Waals surface area (Å²) in [6, 6.07) is 2.77. The van der Waals surface area contributed by atoms with Gasteiger partial charge < -0.3 is 14.8 Å². The topological polar surface area (TPSA) is 83.7 Å². The van der Waals surface area contributed by atoms with Gasteiger partial charge in [0.1, 0.15) is 18.0 Å². The molecule has 2 N–H and O–H groups in total. The van der Waals surface area contributed by atoms with Crippen molar-refractivity contribution in [3.63, 3.8) is 0 Å². The molecule has 0 aliphatic rings. The van der Waals surface area contributed by atoms with Crippen LogP contribution in [0.4, 0.5) is 4.39 Å². The van der Waals surface area contributed by atoms with Gasteiger partial charge in [-0.2, -0.15) is 0 Å². The zero-order valence-corrected chi connectivity index (χ0v) is 9.26. The molecule has 0 fully saturated rings. The molecule has 0 radical (unpaired) electrons. The minimum atomic E-state index is -1.11. The van der Waals surface area contributed by atoms with E-state index in [9.17, 15) is 14.0 Å². The SMILES string of the molecule is O=C(O)CNC(=O)Cc1cn2cc(F)ccc2n1. The van der Waals surface area contributed by atoms with Crippen molar-refractivity contribution in [2.45, 2.75) is 6.42 Å². The molecule has 0 bridgehead atoms.